The number of halogens is 1. The highest BCUT2D eigenvalue weighted by molar-refractivity contribution is 5.16. The molecule has 1 N–H and O–H groups in total. The normalized spacial score (nSPS) is 10.8. The topological polar surface area (TPSA) is 29.9 Å². The van der Waals surface area contributed by atoms with Gasteiger partial charge in [-0.15, -0.1) is 0 Å². The molecule has 2 rings (SSSR count). The van der Waals surface area contributed by atoms with Crippen LogP contribution in [-0.2, 0) is 19.5 Å². The van der Waals surface area contributed by atoms with Crippen LogP contribution in [0.5, 0.6) is 0 Å². The Bertz CT molecular complexity index is 508. The molecular weight excluding hydrogens is 241 g/mol. The average molecular weight is 261 g/mol. The Labute approximate surface area is 113 Å². The number of imidazole rings is 1. The van der Waals surface area contributed by atoms with Gasteiger partial charge in [-0.2, -0.15) is 0 Å². The molecule has 4 heteroatoms. The highest BCUT2D eigenvalue weighted by atomic mass is 19.1. The first-order valence-electron chi connectivity index (χ1n) is 6.73. The first kappa shape index (κ1) is 13.7. The SMILES string of the molecule is CCCNCc1cncn1CCc1cccc(F)c1. The molecule has 102 valence electrons. The minimum atomic E-state index is -0.173. The number of hydrogen-bond acceptors (Lipinski definition) is 2. The fourth-order valence-electron chi connectivity index (χ4n) is 2.03. The highest BCUT2D eigenvalue weighted by Gasteiger charge is 2.02. The molecule has 0 saturated heterocycles. The summed E-state index contributed by atoms with van der Waals surface area (Å²) in [7, 11) is 0. The number of aryl methyl sites for hydroxylation is 2. The van der Waals surface area contributed by atoms with Crippen LogP contribution >= 0.6 is 0 Å². The second kappa shape index (κ2) is 7.04. The summed E-state index contributed by atoms with van der Waals surface area (Å²) in [5, 5.41) is 3.36. The minimum Gasteiger partial charge on any atom is -0.333 e. The van der Waals surface area contributed by atoms with Crippen LogP contribution in [-0.4, -0.2) is 16.1 Å². The number of hydrogen-bond donors (Lipinski definition) is 1. The van der Waals surface area contributed by atoms with Gasteiger partial charge < -0.3 is 9.88 Å². The van der Waals surface area contributed by atoms with Crippen molar-refractivity contribution in [2.24, 2.45) is 0 Å². The number of nitrogens with one attached hydrogen (secondary N) is 1. The lowest BCUT2D eigenvalue weighted by Crippen LogP contribution is -2.17. The fourth-order valence-corrected chi connectivity index (χ4v) is 2.03. The zero-order valence-corrected chi connectivity index (χ0v) is 11.3. The van der Waals surface area contributed by atoms with Crippen molar-refractivity contribution in [2.75, 3.05) is 6.54 Å². The average Bonchev–Trinajstić information content (AvgIpc) is 2.84. The zero-order valence-electron chi connectivity index (χ0n) is 11.3. The Kier molecular flexibility index (Phi) is 5.10. The van der Waals surface area contributed by atoms with E-state index in [9.17, 15) is 4.39 Å². The summed E-state index contributed by atoms with van der Waals surface area (Å²) < 4.78 is 15.2. The monoisotopic (exact) mass is 261 g/mol. The van der Waals surface area contributed by atoms with Gasteiger partial charge in [0.2, 0.25) is 0 Å². The Balaban J connectivity index is 1.90. The summed E-state index contributed by atoms with van der Waals surface area (Å²) >= 11 is 0. The molecule has 0 bridgehead atoms. The number of benzene rings is 1. The maximum Gasteiger partial charge on any atom is 0.123 e. The summed E-state index contributed by atoms with van der Waals surface area (Å²) in [6.45, 7) is 4.81. The van der Waals surface area contributed by atoms with Crippen molar-refractivity contribution in [1.82, 2.24) is 14.9 Å². The van der Waals surface area contributed by atoms with Crippen LogP contribution in [0.3, 0.4) is 0 Å². The summed E-state index contributed by atoms with van der Waals surface area (Å²) in [4.78, 5) is 4.18. The third-order valence-corrected chi connectivity index (χ3v) is 3.06. The third-order valence-electron chi connectivity index (χ3n) is 3.06. The van der Waals surface area contributed by atoms with Gasteiger partial charge in [-0.1, -0.05) is 19.1 Å². The smallest absolute Gasteiger partial charge is 0.123 e. The third kappa shape index (κ3) is 4.17. The van der Waals surface area contributed by atoms with Crippen LogP contribution in [0.15, 0.2) is 36.8 Å². The van der Waals surface area contributed by atoms with Crippen molar-refractivity contribution in [2.45, 2.75) is 32.9 Å². The van der Waals surface area contributed by atoms with Crippen molar-refractivity contribution in [3.8, 4) is 0 Å². The van der Waals surface area contributed by atoms with Gasteiger partial charge in [0.05, 0.1) is 12.0 Å². The molecule has 1 aromatic carbocycles. The van der Waals surface area contributed by atoms with E-state index in [4.69, 9.17) is 0 Å². The molecule has 0 atom stereocenters. The van der Waals surface area contributed by atoms with E-state index in [2.05, 4.69) is 21.8 Å². The van der Waals surface area contributed by atoms with E-state index < -0.39 is 0 Å². The highest BCUT2D eigenvalue weighted by Crippen LogP contribution is 2.07. The van der Waals surface area contributed by atoms with E-state index >= 15 is 0 Å². The van der Waals surface area contributed by atoms with Crippen molar-refractivity contribution in [1.29, 1.82) is 0 Å². The molecule has 1 aromatic heterocycles. The summed E-state index contributed by atoms with van der Waals surface area (Å²) in [5.74, 6) is -0.173. The molecule has 0 saturated carbocycles. The summed E-state index contributed by atoms with van der Waals surface area (Å²) in [5.41, 5.74) is 2.19. The molecule has 0 spiro atoms. The second-order valence-corrected chi connectivity index (χ2v) is 4.64. The van der Waals surface area contributed by atoms with Gasteiger partial charge >= 0.3 is 0 Å². The van der Waals surface area contributed by atoms with Crippen LogP contribution in [0.2, 0.25) is 0 Å². The van der Waals surface area contributed by atoms with E-state index in [-0.39, 0.29) is 5.82 Å². The van der Waals surface area contributed by atoms with Crippen molar-refractivity contribution < 1.29 is 4.39 Å². The first-order valence-corrected chi connectivity index (χ1v) is 6.73. The van der Waals surface area contributed by atoms with Crippen LogP contribution < -0.4 is 5.32 Å². The van der Waals surface area contributed by atoms with E-state index in [0.717, 1.165) is 38.0 Å². The van der Waals surface area contributed by atoms with E-state index in [1.165, 1.54) is 11.8 Å². The van der Waals surface area contributed by atoms with E-state index in [1.807, 2.05) is 18.6 Å². The molecule has 0 aliphatic carbocycles. The van der Waals surface area contributed by atoms with Crippen LogP contribution in [0, 0.1) is 5.82 Å². The van der Waals surface area contributed by atoms with Crippen LogP contribution in [0.1, 0.15) is 24.6 Å². The van der Waals surface area contributed by atoms with E-state index in [0.29, 0.717) is 0 Å². The summed E-state index contributed by atoms with van der Waals surface area (Å²) in [6.07, 6.45) is 5.66. The lowest BCUT2D eigenvalue weighted by Gasteiger charge is -2.09. The molecule has 0 unspecified atom stereocenters. The maximum atomic E-state index is 13.1. The Morgan fingerprint density at radius 3 is 3.05 bits per heavy atom. The van der Waals surface area contributed by atoms with Gasteiger partial charge in [0.15, 0.2) is 0 Å². The van der Waals surface area contributed by atoms with Crippen LogP contribution in [0.4, 0.5) is 4.39 Å². The second-order valence-electron chi connectivity index (χ2n) is 4.64. The Hall–Kier alpha value is -1.68. The Morgan fingerprint density at radius 2 is 2.26 bits per heavy atom. The molecule has 19 heavy (non-hydrogen) atoms. The predicted molar refractivity (Wildman–Crippen MR) is 74.3 cm³/mol. The van der Waals surface area contributed by atoms with Gasteiger partial charge in [0.25, 0.3) is 0 Å². The largest absolute Gasteiger partial charge is 0.333 e. The van der Waals surface area contributed by atoms with Crippen LogP contribution in [0.25, 0.3) is 0 Å². The zero-order chi connectivity index (χ0) is 13.5. The number of rotatable bonds is 7. The van der Waals surface area contributed by atoms with Crippen molar-refractivity contribution in [3.05, 3.63) is 53.9 Å². The van der Waals surface area contributed by atoms with Gasteiger partial charge in [-0.3, -0.25) is 0 Å². The first-order chi connectivity index (χ1) is 9.29. The molecule has 2 aromatic rings. The van der Waals surface area contributed by atoms with Gasteiger partial charge in [-0.25, -0.2) is 9.37 Å². The molecule has 1 heterocycles. The predicted octanol–water partition coefficient (Wildman–Crippen LogP) is 2.76. The van der Waals surface area contributed by atoms with Gasteiger partial charge in [0, 0.05) is 19.3 Å². The van der Waals surface area contributed by atoms with E-state index in [1.54, 1.807) is 12.1 Å². The molecule has 0 fully saturated rings. The molecule has 0 aliphatic heterocycles. The molecular formula is C15H20FN3. The molecule has 3 nitrogen and oxygen atoms in total. The summed E-state index contributed by atoms with van der Waals surface area (Å²) in [6, 6.07) is 6.77. The standard InChI is InChI=1S/C15H20FN3/c1-2-7-17-10-15-11-18-12-19(15)8-6-13-4-3-5-14(16)9-13/h3-5,9,11-12,17H,2,6-8,10H2,1H3. The van der Waals surface area contributed by atoms with Crippen molar-refractivity contribution in [3.63, 3.8) is 0 Å². The maximum absolute atomic E-state index is 13.1. The van der Waals surface area contributed by atoms with Gasteiger partial charge in [0.1, 0.15) is 5.82 Å². The molecule has 0 amide bonds. The number of nitrogens with zero attached hydrogens (tertiary/aromatic N) is 2. The lowest BCUT2D eigenvalue weighted by atomic mass is 10.1. The van der Waals surface area contributed by atoms with Gasteiger partial charge in [-0.05, 0) is 37.1 Å². The van der Waals surface area contributed by atoms with Crippen molar-refractivity contribution >= 4 is 0 Å². The number of aromatic nitrogens is 2. The molecule has 0 aliphatic rings. The quantitative estimate of drug-likeness (QED) is 0.777. The molecule has 0 radical (unpaired) electrons. The fraction of sp³-hybridized carbons (Fsp3) is 0.400. The minimum absolute atomic E-state index is 0.173. The lowest BCUT2D eigenvalue weighted by molar-refractivity contribution is 0.599. The Morgan fingerprint density at radius 1 is 1.37 bits per heavy atom.